The van der Waals surface area contributed by atoms with E-state index in [9.17, 15) is 0 Å². The average molecular weight is 285 g/mol. The summed E-state index contributed by atoms with van der Waals surface area (Å²) in [5.41, 5.74) is 3.64. The van der Waals surface area contributed by atoms with Crippen molar-refractivity contribution in [3.8, 4) is 0 Å². The summed E-state index contributed by atoms with van der Waals surface area (Å²) in [5, 5.41) is 10.2. The number of nitrogens with zero attached hydrogens (tertiary/aromatic N) is 3. The van der Waals surface area contributed by atoms with Gasteiger partial charge in [-0.2, -0.15) is 0 Å². The lowest BCUT2D eigenvalue weighted by Crippen LogP contribution is -2.46. The van der Waals surface area contributed by atoms with E-state index in [4.69, 9.17) is 5.11 Å². The first-order chi connectivity index (χ1) is 10.3. The van der Waals surface area contributed by atoms with Crippen LogP contribution in [-0.2, 0) is 0 Å². The zero-order valence-electron chi connectivity index (χ0n) is 12.6. The Hall–Kier alpha value is -1.65. The van der Waals surface area contributed by atoms with Crippen LogP contribution in [0.3, 0.4) is 0 Å². The van der Waals surface area contributed by atoms with Crippen molar-refractivity contribution in [1.29, 1.82) is 0 Å². The maximum absolute atomic E-state index is 8.93. The van der Waals surface area contributed by atoms with Gasteiger partial charge in [0.15, 0.2) is 0 Å². The monoisotopic (exact) mass is 285 g/mol. The van der Waals surface area contributed by atoms with Gasteiger partial charge in [0.2, 0.25) is 0 Å². The highest BCUT2D eigenvalue weighted by Crippen LogP contribution is 2.27. The molecule has 21 heavy (non-hydrogen) atoms. The highest BCUT2D eigenvalue weighted by molar-refractivity contribution is 5.92. The van der Waals surface area contributed by atoms with Gasteiger partial charge in [-0.05, 0) is 31.5 Å². The Bertz CT molecular complexity index is 606. The summed E-state index contributed by atoms with van der Waals surface area (Å²) in [7, 11) is 0. The fraction of sp³-hybridized carbons (Fsp3) is 0.471. The molecular formula is C17H23N3O. The number of piperazine rings is 1. The van der Waals surface area contributed by atoms with Crippen LogP contribution in [0.5, 0.6) is 0 Å². The lowest BCUT2D eigenvalue weighted by molar-refractivity contribution is 0.216. The fourth-order valence-electron chi connectivity index (χ4n) is 3.03. The SMILES string of the molecule is Cc1ccc2nccc(N3CCN(CCCO)CC3)c2c1. The van der Waals surface area contributed by atoms with E-state index < -0.39 is 0 Å². The van der Waals surface area contributed by atoms with Gasteiger partial charge < -0.3 is 10.0 Å². The Balaban J connectivity index is 1.78. The number of aromatic nitrogens is 1. The van der Waals surface area contributed by atoms with E-state index in [0.717, 1.165) is 44.7 Å². The van der Waals surface area contributed by atoms with Crippen LogP contribution in [0.15, 0.2) is 30.5 Å². The van der Waals surface area contributed by atoms with Crippen molar-refractivity contribution in [2.75, 3.05) is 44.2 Å². The summed E-state index contributed by atoms with van der Waals surface area (Å²) in [6.07, 6.45) is 2.78. The van der Waals surface area contributed by atoms with Gasteiger partial charge in [0.25, 0.3) is 0 Å². The molecule has 2 heterocycles. The average Bonchev–Trinajstić information content (AvgIpc) is 2.53. The summed E-state index contributed by atoms with van der Waals surface area (Å²) in [6.45, 7) is 7.63. The van der Waals surface area contributed by atoms with E-state index in [-0.39, 0.29) is 6.61 Å². The molecule has 0 spiro atoms. The van der Waals surface area contributed by atoms with Gasteiger partial charge in [-0.3, -0.25) is 9.88 Å². The number of benzene rings is 1. The minimum Gasteiger partial charge on any atom is -0.396 e. The first-order valence-corrected chi connectivity index (χ1v) is 7.71. The molecule has 0 atom stereocenters. The van der Waals surface area contributed by atoms with E-state index in [1.807, 2.05) is 6.20 Å². The first kappa shape index (κ1) is 14.3. The molecule has 1 aliphatic rings. The predicted molar refractivity (Wildman–Crippen MR) is 86.8 cm³/mol. The normalized spacial score (nSPS) is 16.6. The summed E-state index contributed by atoms with van der Waals surface area (Å²) < 4.78 is 0. The Morgan fingerprint density at radius 1 is 1.14 bits per heavy atom. The van der Waals surface area contributed by atoms with E-state index >= 15 is 0 Å². The lowest BCUT2D eigenvalue weighted by Gasteiger charge is -2.36. The molecule has 0 radical (unpaired) electrons. The van der Waals surface area contributed by atoms with Crippen molar-refractivity contribution in [3.05, 3.63) is 36.0 Å². The van der Waals surface area contributed by atoms with Gasteiger partial charge in [0.05, 0.1) is 5.52 Å². The number of hydrogen-bond acceptors (Lipinski definition) is 4. The summed E-state index contributed by atoms with van der Waals surface area (Å²) >= 11 is 0. The van der Waals surface area contributed by atoms with Gasteiger partial charge in [-0.25, -0.2) is 0 Å². The molecule has 1 N–H and O–H groups in total. The van der Waals surface area contributed by atoms with E-state index in [1.165, 1.54) is 16.6 Å². The molecule has 0 bridgehead atoms. The summed E-state index contributed by atoms with van der Waals surface area (Å²) in [6, 6.07) is 8.58. The molecule has 0 saturated carbocycles. The Morgan fingerprint density at radius 3 is 2.71 bits per heavy atom. The standard InChI is InChI=1S/C17H23N3O/c1-14-3-4-16-15(13-14)17(5-6-18-16)20-10-8-19(9-11-20)7-2-12-21/h3-6,13,21H,2,7-12H2,1H3. The number of aryl methyl sites for hydroxylation is 1. The first-order valence-electron chi connectivity index (χ1n) is 7.71. The Morgan fingerprint density at radius 2 is 1.95 bits per heavy atom. The minimum atomic E-state index is 0.286. The van der Waals surface area contributed by atoms with Crippen LogP contribution in [0.2, 0.25) is 0 Å². The topological polar surface area (TPSA) is 39.6 Å². The quantitative estimate of drug-likeness (QED) is 0.933. The Kier molecular flexibility index (Phi) is 4.36. The number of aliphatic hydroxyl groups excluding tert-OH is 1. The van der Waals surface area contributed by atoms with Crippen LogP contribution in [0.25, 0.3) is 10.9 Å². The van der Waals surface area contributed by atoms with Gasteiger partial charge in [0, 0.05) is 56.6 Å². The van der Waals surface area contributed by atoms with Crippen molar-refractivity contribution >= 4 is 16.6 Å². The maximum atomic E-state index is 8.93. The second kappa shape index (κ2) is 6.41. The van der Waals surface area contributed by atoms with Crippen LogP contribution in [-0.4, -0.2) is 54.3 Å². The highest BCUT2D eigenvalue weighted by Gasteiger charge is 2.18. The molecule has 0 aliphatic carbocycles. The molecule has 4 nitrogen and oxygen atoms in total. The summed E-state index contributed by atoms with van der Waals surface area (Å²) in [4.78, 5) is 9.36. The molecule has 0 unspecified atom stereocenters. The molecule has 1 aliphatic heterocycles. The van der Waals surface area contributed by atoms with Gasteiger partial charge in [-0.15, -0.1) is 0 Å². The zero-order valence-corrected chi connectivity index (χ0v) is 12.6. The number of aliphatic hydroxyl groups is 1. The van der Waals surface area contributed by atoms with Crippen molar-refractivity contribution in [2.45, 2.75) is 13.3 Å². The molecule has 112 valence electrons. The molecule has 1 saturated heterocycles. The number of anilines is 1. The molecule has 1 aromatic carbocycles. The molecule has 3 rings (SSSR count). The number of pyridine rings is 1. The zero-order chi connectivity index (χ0) is 14.7. The molecule has 1 aromatic heterocycles. The molecule has 0 amide bonds. The molecule has 2 aromatic rings. The largest absolute Gasteiger partial charge is 0.396 e. The lowest BCUT2D eigenvalue weighted by atomic mass is 10.1. The van der Waals surface area contributed by atoms with Gasteiger partial charge >= 0.3 is 0 Å². The summed E-state index contributed by atoms with van der Waals surface area (Å²) in [5.74, 6) is 0. The second-order valence-electron chi connectivity index (χ2n) is 5.76. The van der Waals surface area contributed by atoms with Gasteiger partial charge in [-0.1, -0.05) is 11.6 Å². The second-order valence-corrected chi connectivity index (χ2v) is 5.76. The molecular weight excluding hydrogens is 262 g/mol. The van der Waals surface area contributed by atoms with Crippen molar-refractivity contribution < 1.29 is 5.11 Å². The van der Waals surface area contributed by atoms with Crippen LogP contribution in [0.1, 0.15) is 12.0 Å². The third-order valence-corrected chi connectivity index (χ3v) is 4.22. The predicted octanol–water partition coefficient (Wildman–Crippen LogP) is 2.05. The fourth-order valence-corrected chi connectivity index (χ4v) is 3.03. The van der Waals surface area contributed by atoms with Crippen molar-refractivity contribution in [2.24, 2.45) is 0 Å². The van der Waals surface area contributed by atoms with E-state index in [2.05, 4.69) is 46.0 Å². The van der Waals surface area contributed by atoms with Crippen LogP contribution >= 0.6 is 0 Å². The number of rotatable bonds is 4. The van der Waals surface area contributed by atoms with Crippen molar-refractivity contribution in [1.82, 2.24) is 9.88 Å². The van der Waals surface area contributed by atoms with Crippen LogP contribution in [0, 0.1) is 6.92 Å². The minimum absolute atomic E-state index is 0.286. The van der Waals surface area contributed by atoms with E-state index in [0.29, 0.717) is 0 Å². The van der Waals surface area contributed by atoms with E-state index in [1.54, 1.807) is 0 Å². The van der Waals surface area contributed by atoms with Crippen molar-refractivity contribution in [3.63, 3.8) is 0 Å². The number of fused-ring (bicyclic) bond motifs is 1. The smallest absolute Gasteiger partial charge is 0.0722 e. The highest BCUT2D eigenvalue weighted by atomic mass is 16.3. The van der Waals surface area contributed by atoms with Crippen LogP contribution in [0.4, 0.5) is 5.69 Å². The number of hydrogen-bond donors (Lipinski definition) is 1. The maximum Gasteiger partial charge on any atom is 0.0722 e. The third-order valence-electron chi connectivity index (χ3n) is 4.22. The third kappa shape index (κ3) is 3.17. The molecule has 4 heteroatoms. The molecule has 1 fully saturated rings. The van der Waals surface area contributed by atoms with Gasteiger partial charge in [0.1, 0.15) is 0 Å². The van der Waals surface area contributed by atoms with Crippen LogP contribution < -0.4 is 4.90 Å². The Labute approximate surface area is 126 Å².